The zero-order valence-corrected chi connectivity index (χ0v) is 40.3. The standard InChI is InChI=1S/C41H44ClF3N4O3S3.C7H17N/c1-40(2)19-18-36(29-8-12-32(42)13-9-29)31(27-40)28-48-21-23-49(24-22-48)33-14-10-30(11-15-33)39(50)47-54-35-16-17-37(38(26-35)55(51,52)41(43,44)45)46-20-25-53-34-6-4-3-5-7-34;1-5-8(4)6-7(2)3/h3-17,26,46H,18-25,27-28H2,1-2H3,(H,47,50);7H,5-6H2,1-4H3. The lowest BCUT2D eigenvalue weighted by Gasteiger charge is -2.39. The van der Waals surface area contributed by atoms with Gasteiger partial charge < -0.3 is 15.1 Å². The Labute approximate surface area is 386 Å². The van der Waals surface area contributed by atoms with Crippen LogP contribution in [0.25, 0.3) is 5.57 Å². The Kier molecular flexibility index (Phi) is 18.4. The minimum absolute atomic E-state index is 0.141. The molecule has 0 bridgehead atoms. The number of hydrogen-bond acceptors (Lipinski definition) is 9. The summed E-state index contributed by atoms with van der Waals surface area (Å²) in [6, 6.07) is 28.6. The average Bonchev–Trinajstić information content (AvgIpc) is 3.25. The number of carbonyl (C=O) groups excluding carboxylic acids is 1. The van der Waals surface area contributed by atoms with Gasteiger partial charge in [-0.25, -0.2) is 8.42 Å². The fourth-order valence-corrected chi connectivity index (χ4v) is 10.3. The normalized spacial score (nSPS) is 15.9. The van der Waals surface area contributed by atoms with E-state index in [4.69, 9.17) is 11.6 Å². The summed E-state index contributed by atoms with van der Waals surface area (Å²) in [5.41, 5.74) is 0.177. The lowest BCUT2D eigenvalue weighted by atomic mass is 9.73. The average molecular weight is 945 g/mol. The maximum atomic E-state index is 13.7. The molecule has 8 nitrogen and oxygen atoms in total. The molecule has 2 N–H and O–H groups in total. The first kappa shape index (κ1) is 50.3. The van der Waals surface area contributed by atoms with E-state index < -0.39 is 26.1 Å². The molecule has 1 aliphatic carbocycles. The third-order valence-corrected chi connectivity index (χ3v) is 14.7. The third kappa shape index (κ3) is 14.9. The van der Waals surface area contributed by atoms with E-state index in [2.05, 4.69) is 78.5 Å². The van der Waals surface area contributed by atoms with Gasteiger partial charge in [0.15, 0.2) is 0 Å². The van der Waals surface area contributed by atoms with Crippen molar-refractivity contribution < 1.29 is 26.4 Å². The number of carbonyl (C=O) groups is 1. The molecule has 0 aromatic heterocycles. The number of hydrogen-bond donors (Lipinski definition) is 2. The number of piperazine rings is 1. The van der Waals surface area contributed by atoms with Crippen LogP contribution in [0.3, 0.4) is 0 Å². The first-order chi connectivity index (χ1) is 29.8. The summed E-state index contributed by atoms with van der Waals surface area (Å²) in [4.78, 5) is 20.4. The highest BCUT2D eigenvalue weighted by Gasteiger charge is 2.48. The maximum absolute atomic E-state index is 13.7. The number of alkyl halides is 3. The highest BCUT2D eigenvalue weighted by Crippen LogP contribution is 2.43. The van der Waals surface area contributed by atoms with Crippen LogP contribution in [-0.2, 0) is 9.84 Å². The Bertz CT molecular complexity index is 2230. The van der Waals surface area contributed by atoms with E-state index in [0.29, 0.717) is 11.3 Å². The Balaban J connectivity index is 0.000000852. The SMILES string of the molecule is CC1(C)CCC(c2ccc(Cl)cc2)=C(CN2CCN(c3ccc(C(=O)NSc4ccc(NCCSc5ccccc5)c(S(=O)(=O)C(F)(F)F)c4)cc3)CC2)C1.CCN(C)CC(C)C. The van der Waals surface area contributed by atoms with Crippen molar-refractivity contribution in [2.24, 2.45) is 11.3 Å². The van der Waals surface area contributed by atoms with Gasteiger partial charge in [-0.15, -0.1) is 11.8 Å². The molecule has 1 saturated heterocycles. The number of halogens is 4. The highest BCUT2D eigenvalue weighted by atomic mass is 35.5. The fraction of sp³-hybridized carbons (Fsp3) is 0.438. The molecular weight excluding hydrogens is 883 g/mol. The Hall–Kier alpha value is -3.66. The van der Waals surface area contributed by atoms with E-state index in [1.54, 1.807) is 12.1 Å². The van der Waals surface area contributed by atoms with Crippen LogP contribution in [0.15, 0.2) is 117 Å². The van der Waals surface area contributed by atoms with Gasteiger partial charge in [0, 0.05) is 77.6 Å². The van der Waals surface area contributed by atoms with Gasteiger partial charge >= 0.3 is 5.51 Å². The summed E-state index contributed by atoms with van der Waals surface area (Å²) in [7, 11) is -3.51. The predicted octanol–water partition coefficient (Wildman–Crippen LogP) is 11.7. The van der Waals surface area contributed by atoms with E-state index in [1.807, 2.05) is 54.6 Å². The van der Waals surface area contributed by atoms with Gasteiger partial charge in [-0.1, -0.05) is 82.1 Å². The van der Waals surface area contributed by atoms with E-state index in [9.17, 15) is 26.4 Å². The van der Waals surface area contributed by atoms with Gasteiger partial charge in [-0.3, -0.25) is 14.4 Å². The molecule has 1 heterocycles. The van der Waals surface area contributed by atoms with Crippen molar-refractivity contribution in [2.75, 3.05) is 75.4 Å². The number of benzene rings is 4. The molecule has 63 heavy (non-hydrogen) atoms. The second-order valence-corrected chi connectivity index (χ2v) is 21.6. The summed E-state index contributed by atoms with van der Waals surface area (Å²) in [5.74, 6) is 0.850. The Morgan fingerprint density at radius 3 is 2.19 bits per heavy atom. The van der Waals surface area contributed by atoms with Crippen LogP contribution in [0.1, 0.15) is 69.8 Å². The van der Waals surface area contributed by atoms with E-state index in [0.717, 1.165) is 98.1 Å². The van der Waals surface area contributed by atoms with Crippen LogP contribution < -0.4 is 14.9 Å². The second-order valence-electron chi connectivity index (χ2n) is 17.2. The number of rotatable bonds is 16. The third-order valence-electron chi connectivity index (χ3n) is 11.1. The molecule has 0 saturated carbocycles. The summed E-state index contributed by atoms with van der Waals surface area (Å²) in [5, 5.41) is 3.58. The minimum Gasteiger partial charge on any atom is -0.383 e. The van der Waals surface area contributed by atoms with Gasteiger partial charge in [0.05, 0.1) is 5.69 Å². The summed E-state index contributed by atoms with van der Waals surface area (Å²) in [6.07, 6.45) is 3.28. The highest BCUT2D eigenvalue weighted by molar-refractivity contribution is 7.99. The number of amides is 1. The first-order valence-electron chi connectivity index (χ1n) is 21.4. The molecule has 0 radical (unpaired) electrons. The van der Waals surface area contributed by atoms with Crippen LogP contribution in [0.2, 0.25) is 5.02 Å². The van der Waals surface area contributed by atoms with Crippen molar-refractivity contribution in [3.05, 3.63) is 119 Å². The molecule has 0 atom stereocenters. The Morgan fingerprint density at radius 1 is 0.921 bits per heavy atom. The fourth-order valence-electron chi connectivity index (χ4n) is 7.67. The molecular formula is C48H61ClF3N5O3S3. The van der Waals surface area contributed by atoms with Crippen molar-refractivity contribution in [3.8, 4) is 0 Å². The second kappa shape index (κ2) is 23.0. The zero-order valence-electron chi connectivity index (χ0n) is 37.1. The molecule has 0 unspecified atom stereocenters. The van der Waals surface area contributed by atoms with Crippen LogP contribution in [0.5, 0.6) is 0 Å². The minimum atomic E-state index is -5.67. The van der Waals surface area contributed by atoms with Crippen molar-refractivity contribution in [2.45, 2.75) is 74.1 Å². The van der Waals surface area contributed by atoms with Gasteiger partial charge in [-0.05, 0) is 134 Å². The van der Waals surface area contributed by atoms with Crippen LogP contribution >= 0.6 is 35.3 Å². The van der Waals surface area contributed by atoms with Gasteiger partial charge in [-0.2, -0.15) is 13.2 Å². The summed E-state index contributed by atoms with van der Waals surface area (Å²) in [6.45, 7) is 18.4. The van der Waals surface area contributed by atoms with Crippen molar-refractivity contribution in [3.63, 3.8) is 0 Å². The quantitative estimate of drug-likeness (QED) is 0.0648. The smallest absolute Gasteiger partial charge is 0.383 e. The largest absolute Gasteiger partial charge is 0.501 e. The molecule has 1 amide bonds. The maximum Gasteiger partial charge on any atom is 0.501 e. The van der Waals surface area contributed by atoms with E-state index in [-0.39, 0.29) is 22.5 Å². The van der Waals surface area contributed by atoms with Gasteiger partial charge in [0.2, 0.25) is 0 Å². The van der Waals surface area contributed by atoms with Crippen molar-refractivity contribution in [1.82, 2.24) is 14.5 Å². The molecule has 342 valence electrons. The number of anilines is 2. The molecule has 1 aliphatic heterocycles. The zero-order chi connectivity index (χ0) is 45.8. The van der Waals surface area contributed by atoms with Crippen molar-refractivity contribution in [1.29, 1.82) is 0 Å². The number of thioether (sulfide) groups is 1. The van der Waals surface area contributed by atoms with E-state index in [1.165, 1.54) is 47.1 Å². The molecule has 4 aromatic carbocycles. The molecule has 6 rings (SSSR count). The number of nitrogens with zero attached hydrogens (tertiary/aromatic N) is 3. The predicted molar refractivity (Wildman–Crippen MR) is 258 cm³/mol. The lowest BCUT2D eigenvalue weighted by molar-refractivity contribution is -0.0435. The molecule has 2 aliphatic rings. The summed E-state index contributed by atoms with van der Waals surface area (Å²) < 4.78 is 68.7. The van der Waals surface area contributed by atoms with Crippen LogP contribution in [0, 0.1) is 11.3 Å². The van der Waals surface area contributed by atoms with E-state index >= 15 is 0 Å². The molecule has 4 aromatic rings. The topological polar surface area (TPSA) is 85.0 Å². The molecule has 15 heteroatoms. The van der Waals surface area contributed by atoms with Gasteiger partial charge in [0.1, 0.15) is 4.90 Å². The summed E-state index contributed by atoms with van der Waals surface area (Å²) >= 11 is 8.42. The molecule has 1 fully saturated rings. The number of allylic oxidation sites excluding steroid dienone is 1. The first-order valence-corrected chi connectivity index (χ1v) is 25.1. The lowest BCUT2D eigenvalue weighted by Crippen LogP contribution is -2.47. The molecule has 0 spiro atoms. The number of sulfone groups is 1. The Morgan fingerprint density at radius 2 is 1.59 bits per heavy atom. The van der Waals surface area contributed by atoms with Gasteiger partial charge in [0.25, 0.3) is 15.7 Å². The van der Waals surface area contributed by atoms with Crippen LogP contribution in [0.4, 0.5) is 24.5 Å². The van der Waals surface area contributed by atoms with Crippen molar-refractivity contribution >= 4 is 68.0 Å². The monoisotopic (exact) mass is 943 g/mol. The number of nitrogens with one attached hydrogen (secondary N) is 2. The van der Waals surface area contributed by atoms with Crippen LogP contribution in [-0.4, -0.2) is 94.8 Å².